The van der Waals surface area contributed by atoms with Crippen LogP contribution in [0, 0.1) is 0 Å². The largest absolute Gasteiger partial charge is 0.497 e. The molecule has 1 spiro atoms. The standard InChI is InChI=1S/C17H25NO3/c1-4-12-10-17(7-8-20-12)11-15(18-2)14-6-5-13(19-3)9-16(14)21-17/h5-6,9,12,15,18H,4,7-8,10-11H2,1-3H3. The van der Waals surface area contributed by atoms with Crippen LogP contribution in [0.5, 0.6) is 11.5 Å². The van der Waals surface area contributed by atoms with E-state index in [1.165, 1.54) is 5.56 Å². The molecule has 2 aliphatic heterocycles. The third kappa shape index (κ3) is 2.74. The lowest BCUT2D eigenvalue weighted by atomic mass is 9.79. The first-order valence-corrected chi connectivity index (χ1v) is 7.85. The summed E-state index contributed by atoms with van der Waals surface area (Å²) in [6.07, 6.45) is 4.28. The van der Waals surface area contributed by atoms with Gasteiger partial charge in [0.05, 0.1) is 19.8 Å². The summed E-state index contributed by atoms with van der Waals surface area (Å²) in [5.74, 6) is 1.80. The molecule has 4 nitrogen and oxygen atoms in total. The molecule has 1 fully saturated rings. The van der Waals surface area contributed by atoms with Crippen molar-refractivity contribution in [2.24, 2.45) is 0 Å². The number of fused-ring (bicyclic) bond motifs is 1. The van der Waals surface area contributed by atoms with Crippen molar-refractivity contribution in [1.29, 1.82) is 0 Å². The van der Waals surface area contributed by atoms with Crippen molar-refractivity contribution >= 4 is 0 Å². The van der Waals surface area contributed by atoms with Crippen molar-refractivity contribution in [1.82, 2.24) is 5.32 Å². The summed E-state index contributed by atoms with van der Waals surface area (Å²) >= 11 is 0. The lowest BCUT2D eigenvalue weighted by molar-refractivity contribution is -0.103. The van der Waals surface area contributed by atoms with Gasteiger partial charge in [0.25, 0.3) is 0 Å². The van der Waals surface area contributed by atoms with E-state index < -0.39 is 0 Å². The van der Waals surface area contributed by atoms with E-state index in [4.69, 9.17) is 14.2 Å². The van der Waals surface area contributed by atoms with Crippen LogP contribution in [0.15, 0.2) is 18.2 Å². The van der Waals surface area contributed by atoms with Crippen LogP contribution >= 0.6 is 0 Å². The molecule has 0 radical (unpaired) electrons. The molecular formula is C17H25NO3. The van der Waals surface area contributed by atoms with Gasteiger partial charge in [-0.05, 0) is 19.5 Å². The zero-order chi connectivity index (χ0) is 14.9. The fourth-order valence-electron chi connectivity index (χ4n) is 3.56. The first-order chi connectivity index (χ1) is 10.2. The first kappa shape index (κ1) is 14.7. The van der Waals surface area contributed by atoms with Gasteiger partial charge in [0.1, 0.15) is 17.1 Å². The molecule has 0 aromatic heterocycles. The Labute approximate surface area is 126 Å². The maximum atomic E-state index is 6.47. The minimum absolute atomic E-state index is 0.105. The second kappa shape index (κ2) is 5.85. The van der Waals surface area contributed by atoms with Crippen LogP contribution in [0.4, 0.5) is 0 Å². The van der Waals surface area contributed by atoms with Gasteiger partial charge < -0.3 is 19.5 Å². The Balaban J connectivity index is 1.92. The lowest BCUT2D eigenvalue weighted by Gasteiger charge is -2.46. The van der Waals surface area contributed by atoms with Gasteiger partial charge in [0, 0.05) is 36.9 Å². The number of methoxy groups -OCH3 is 1. The highest BCUT2D eigenvalue weighted by Crippen LogP contribution is 2.46. The molecule has 0 saturated carbocycles. The van der Waals surface area contributed by atoms with Crippen molar-refractivity contribution in [2.75, 3.05) is 20.8 Å². The van der Waals surface area contributed by atoms with Crippen LogP contribution in [-0.4, -0.2) is 32.5 Å². The molecule has 0 bridgehead atoms. The van der Waals surface area contributed by atoms with Crippen molar-refractivity contribution in [2.45, 2.75) is 50.4 Å². The van der Waals surface area contributed by atoms with E-state index in [1.54, 1.807) is 7.11 Å². The van der Waals surface area contributed by atoms with Crippen molar-refractivity contribution in [3.63, 3.8) is 0 Å². The molecule has 2 heterocycles. The van der Waals surface area contributed by atoms with E-state index in [0.29, 0.717) is 12.1 Å². The summed E-state index contributed by atoms with van der Waals surface area (Å²) in [5.41, 5.74) is 1.12. The van der Waals surface area contributed by atoms with E-state index >= 15 is 0 Å². The first-order valence-electron chi connectivity index (χ1n) is 7.85. The van der Waals surface area contributed by atoms with Gasteiger partial charge >= 0.3 is 0 Å². The van der Waals surface area contributed by atoms with Crippen molar-refractivity contribution < 1.29 is 14.2 Å². The molecule has 3 atom stereocenters. The minimum atomic E-state index is -0.105. The lowest BCUT2D eigenvalue weighted by Crippen LogP contribution is -2.49. The SMILES string of the molecule is CCC1CC2(CCO1)CC(NC)c1ccc(OC)cc1O2. The molecule has 0 aliphatic carbocycles. The van der Waals surface area contributed by atoms with Gasteiger partial charge in [0.15, 0.2) is 0 Å². The monoisotopic (exact) mass is 291 g/mol. The minimum Gasteiger partial charge on any atom is -0.497 e. The fraction of sp³-hybridized carbons (Fsp3) is 0.647. The second-order valence-electron chi connectivity index (χ2n) is 6.09. The van der Waals surface area contributed by atoms with Gasteiger partial charge in [-0.25, -0.2) is 0 Å². The molecular weight excluding hydrogens is 266 g/mol. The Hall–Kier alpha value is -1.26. The third-order valence-electron chi connectivity index (χ3n) is 4.81. The highest BCUT2D eigenvalue weighted by Gasteiger charge is 2.44. The Bertz CT molecular complexity index is 505. The smallest absolute Gasteiger partial charge is 0.128 e. The number of ether oxygens (including phenoxy) is 3. The van der Waals surface area contributed by atoms with Crippen molar-refractivity contribution in [3.05, 3.63) is 23.8 Å². The van der Waals surface area contributed by atoms with E-state index in [0.717, 1.165) is 43.8 Å². The summed E-state index contributed by atoms with van der Waals surface area (Å²) in [7, 11) is 3.71. The molecule has 0 amide bonds. The molecule has 3 unspecified atom stereocenters. The van der Waals surface area contributed by atoms with E-state index in [2.05, 4.69) is 18.3 Å². The Morgan fingerprint density at radius 3 is 2.95 bits per heavy atom. The molecule has 2 aliphatic rings. The molecule has 1 aromatic rings. The maximum Gasteiger partial charge on any atom is 0.128 e. The Morgan fingerprint density at radius 1 is 1.38 bits per heavy atom. The highest BCUT2D eigenvalue weighted by atomic mass is 16.5. The Morgan fingerprint density at radius 2 is 2.24 bits per heavy atom. The van der Waals surface area contributed by atoms with Crippen LogP contribution in [0.1, 0.15) is 44.2 Å². The van der Waals surface area contributed by atoms with E-state index in [9.17, 15) is 0 Å². The van der Waals surface area contributed by atoms with Crippen molar-refractivity contribution in [3.8, 4) is 11.5 Å². The number of benzene rings is 1. The average Bonchev–Trinajstić information content (AvgIpc) is 2.53. The maximum absolute atomic E-state index is 6.47. The van der Waals surface area contributed by atoms with Gasteiger partial charge in [-0.3, -0.25) is 0 Å². The van der Waals surface area contributed by atoms with E-state index in [-0.39, 0.29) is 5.60 Å². The van der Waals surface area contributed by atoms with Gasteiger partial charge in [-0.2, -0.15) is 0 Å². The van der Waals surface area contributed by atoms with Crippen LogP contribution in [0.2, 0.25) is 0 Å². The van der Waals surface area contributed by atoms with Crippen LogP contribution < -0.4 is 14.8 Å². The molecule has 3 rings (SSSR count). The highest BCUT2D eigenvalue weighted by molar-refractivity contribution is 5.44. The van der Waals surface area contributed by atoms with Crippen LogP contribution in [0.3, 0.4) is 0 Å². The predicted molar refractivity (Wildman–Crippen MR) is 82.0 cm³/mol. The van der Waals surface area contributed by atoms with Gasteiger partial charge in [-0.15, -0.1) is 0 Å². The number of nitrogens with one attached hydrogen (secondary N) is 1. The molecule has 1 aromatic carbocycles. The zero-order valence-corrected chi connectivity index (χ0v) is 13.1. The summed E-state index contributed by atoms with van der Waals surface area (Å²) in [6.45, 7) is 2.97. The summed E-state index contributed by atoms with van der Waals surface area (Å²) in [4.78, 5) is 0. The molecule has 116 valence electrons. The molecule has 4 heteroatoms. The average molecular weight is 291 g/mol. The normalized spacial score (nSPS) is 31.6. The summed E-state index contributed by atoms with van der Waals surface area (Å²) < 4.78 is 17.6. The van der Waals surface area contributed by atoms with Gasteiger partial charge in [0.2, 0.25) is 0 Å². The fourth-order valence-corrected chi connectivity index (χ4v) is 3.56. The topological polar surface area (TPSA) is 39.7 Å². The molecule has 1 saturated heterocycles. The number of rotatable bonds is 3. The zero-order valence-electron chi connectivity index (χ0n) is 13.1. The number of hydrogen-bond donors (Lipinski definition) is 1. The quantitative estimate of drug-likeness (QED) is 0.929. The second-order valence-corrected chi connectivity index (χ2v) is 6.09. The van der Waals surface area contributed by atoms with E-state index in [1.807, 2.05) is 19.2 Å². The predicted octanol–water partition coefficient (Wildman–Crippen LogP) is 3.07. The summed E-state index contributed by atoms with van der Waals surface area (Å²) in [5, 5.41) is 3.44. The number of hydrogen-bond acceptors (Lipinski definition) is 4. The van der Waals surface area contributed by atoms with Gasteiger partial charge in [-0.1, -0.05) is 13.0 Å². The van der Waals surface area contributed by atoms with Crippen LogP contribution in [0.25, 0.3) is 0 Å². The summed E-state index contributed by atoms with van der Waals surface area (Å²) in [6, 6.07) is 6.45. The molecule has 1 N–H and O–H groups in total. The third-order valence-corrected chi connectivity index (χ3v) is 4.81. The molecule has 21 heavy (non-hydrogen) atoms. The Kier molecular flexibility index (Phi) is 4.09. The van der Waals surface area contributed by atoms with Crippen LogP contribution in [-0.2, 0) is 4.74 Å².